The number of aromatic nitrogens is 3. The lowest BCUT2D eigenvalue weighted by Gasteiger charge is -2.39. The first-order chi connectivity index (χ1) is 10.4. The van der Waals surface area contributed by atoms with Gasteiger partial charge in [0.05, 0.1) is 24.4 Å². The molecule has 0 unspecified atom stereocenters. The Morgan fingerprint density at radius 3 is 2.30 bits per heavy atom. The summed E-state index contributed by atoms with van der Waals surface area (Å²) in [4.78, 5) is 17.5. The molecule has 1 N–H and O–H groups in total. The van der Waals surface area contributed by atoms with Crippen LogP contribution in [0.5, 0.6) is 0 Å². The molecule has 0 fully saturated rings. The van der Waals surface area contributed by atoms with Gasteiger partial charge >= 0.3 is 5.97 Å². The molecule has 0 amide bonds. The molecule has 0 aliphatic rings. The number of carbonyl (C=O) groups is 1. The van der Waals surface area contributed by atoms with Gasteiger partial charge in [-0.05, 0) is 27.7 Å². The minimum Gasteiger partial charge on any atom is -0.469 e. The van der Waals surface area contributed by atoms with Crippen molar-refractivity contribution in [2.24, 2.45) is 5.41 Å². The quantitative estimate of drug-likeness (QED) is 0.865. The van der Waals surface area contributed by atoms with Gasteiger partial charge in [0.25, 0.3) is 0 Å². The van der Waals surface area contributed by atoms with Crippen molar-refractivity contribution in [1.29, 1.82) is 0 Å². The van der Waals surface area contributed by atoms with Gasteiger partial charge in [-0.1, -0.05) is 32.1 Å². The van der Waals surface area contributed by atoms with E-state index in [0.717, 1.165) is 15.8 Å². The molecule has 0 aromatic carbocycles. The number of hydrogen-bond acceptors (Lipinski definition) is 6. The van der Waals surface area contributed by atoms with E-state index in [4.69, 9.17) is 4.74 Å². The van der Waals surface area contributed by atoms with Gasteiger partial charge in [0, 0.05) is 11.0 Å². The van der Waals surface area contributed by atoms with Gasteiger partial charge in [-0.2, -0.15) is 0 Å². The van der Waals surface area contributed by atoms with E-state index in [-0.39, 0.29) is 11.4 Å². The Bertz CT molecular complexity index is 691. The van der Waals surface area contributed by atoms with Crippen LogP contribution < -0.4 is 5.32 Å². The molecule has 0 spiro atoms. The standard InChI is InChI=1S/C16H26N4O2S/c1-14(2,3)10-9-20-13(17-10)23-12(19-20)18-16(6,7)15(4,5)11(21)22-8/h9H,1-8H3,(H,18,19). The number of esters is 1. The summed E-state index contributed by atoms with van der Waals surface area (Å²) in [6.45, 7) is 14.0. The molecule has 0 atom stereocenters. The van der Waals surface area contributed by atoms with Gasteiger partial charge < -0.3 is 10.1 Å². The highest BCUT2D eigenvalue weighted by Crippen LogP contribution is 2.36. The predicted molar refractivity (Wildman–Crippen MR) is 93.1 cm³/mol. The molecule has 0 aliphatic heterocycles. The van der Waals surface area contributed by atoms with Crippen LogP contribution in [0.4, 0.5) is 5.13 Å². The van der Waals surface area contributed by atoms with E-state index in [1.807, 2.05) is 33.9 Å². The summed E-state index contributed by atoms with van der Waals surface area (Å²) in [6.07, 6.45) is 1.95. The third-order valence-corrected chi connectivity index (χ3v) is 5.33. The number of carbonyl (C=O) groups excluding carboxylic acids is 1. The summed E-state index contributed by atoms with van der Waals surface area (Å²) >= 11 is 1.47. The maximum Gasteiger partial charge on any atom is 0.313 e. The fraction of sp³-hybridized carbons (Fsp3) is 0.688. The van der Waals surface area contributed by atoms with E-state index in [1.165, 1.54) is 18.4 Å². The van der Waals surface area contributed by atoms with Crippen LogP contribution >= 0.6 is 11.3 Å². The van der Waals surface area contributed by atoms with Crippen molar-refractivity contribution in [3.8, 4) is 0 Å². The van der Waals surface area contributed by atoms with Gasteiger partial charge in [0.2, 0.25) is 10.1 Å². The molecule has 0 radical (unpaired) electrons. The zero-order valence-corrected chi connectivity index (χ0v) is 16.0. The SMILES string of the molecule is COC(=O)C(C)(C)C(C)(C)Nc1nn2cc(C(C)(C)C)nc2s1. The van der Waals surface area contributed by atoms with Gasteiger partial charge in [-0.3, -0.25) is 4.79 Å². The molecule has 2 heterocycles. The third kappa shape index (κ3) is 3.20. The number of ether oxygens (including phenoxy) is 1. The minimum absolute atomic E-state index is 0.00679. The molecule has 23 heavy (non-hydrogen) atoms. The Morgan fingerprint density at radius 1 is 1.22 bits per heavy atom. The minimum atomic E-state index is -0.702. The van der Waals surface area contributed by atoms with Crippen molar-refractivity contribution in [3.63, 3.8) is 0 Å². The summed E-state index contributed by atoms with van der Waals surface area (Å²) < 4.78 is 6.71. The number of anilines is 1. The summed E-state index contributed by atoms with van der Waals surface area (Å²) in [7, 11) is 1.41. The van der Waals surface area contributed by atoms with Gasteiger partial charge in [0.15, 0.2) is 0 Å². The summed E-state index contributed by atoms with van der Waals surface area (Å²) in [6, 6.07) is 0. The number of rotatable bonds is 4. The highest BCUT2D eigenvalue weighted by molar-refractivity contribution is 7.20. The van der Waals surface area contributed by atoms with Crippen molar-refractivity contribution >= 4 is 27.4 Å². The predicted octanol–water partition coefficient (Wildman–Crippen LogP) is 3.48. The second-order valence-corrected chi connectivity index (χ2v) is 8.83. The Kier molecular flexibility index (Phi) is 4.22. The average molecular weight is 338 g/mol. The van der Waals surface area contributed by atoms with E-state index in [9.17, 15) is 4.79 Å². The first-order valence-corrected chi connectivity index (χ1v) is 8.43. The number of nitrogens with one attached hydrogen (secondary N) is 1. The van der Waals surface area contributed by atoms with Crippen LogP contribution in [0.1, 0.15) is 54.2 Å². The molecule has 2 rings (SSSR count). The maximum atomic E-state index is 12.1. The molecule has 128 valence electrons. The molecule has 0 saturated carbocycles. The Balaban J connectivity index is 2.28. The van der Waals surface area contributed by atoms with Gasteiger partial charge in [-0.15, -0.1) is 5.10 Å². The second kappa shape index (κ2) is 5.47. The van der Waals surface area contributed by atoms with E-state index in [1.54, 1.807) is 4.52 Å². The molecule has 2 aromatic heterocycles. The fourth-order valence-corrected chi connectivity index (χ4v) is 2.98. The van der Waals surface area contributed by atoms with Crippen LogP contribution in [0.2, 0.25) is 0 Å². The number of imidazole rings is 1. The molecule has 0 aliphatic carbocycles. The first kappa shape index (κ1) is 17.7. The van der Waals surface area contributed by atoms with E-state index in [0.29, 0.717) is 0 Å². The highest BCUT2D eigenvalue weighted by Gasteiger charge is 2.45. The van der Waals surface area contributed by atoms with Crippen molar-refractivity contribution in [1.82, 2.24) is 14.6 Å². The average Bonchev–Trinajstić information content (AvgIpc) is 2.94. The highest BCUT2D eigenvalue weighted by atomic mass is 32.1. The van der Waals surface area contributed by atoms with E-state index < -0.39 is 11.0 Å². The molecule has 6 nitrogen and oxygen atoms in total. The summed E-state index contributed by atoms with van der Waals surface area (Å²) in [5, 5.41) is 8.62. The Hall–Kier alpha value is -1.63. The van der Waals surface area contributed by atoms with Crippen LogP contribution in [-0.2, 0) is 14.9 Å². The van der Waals surface area contributed by atoms with Crippen LogP contribution in [0.15, 0.2) is 6.20 Å². The normalized spacial score (nSPS) is 13.4. The topological polar surface area (TPSA) is 68.5 Å². The molecule has 0 saturated heterocycles. The van der Waals surface area contributed by atoms with Gasteiger partial charge in [0.1, 0.15) is 0 Å². The monoisotopic (exact) mass is 338 g/mol. The van der Waals surface area contributed by atoms with Gasteiger partial charge in [-0.25, -0.2) is 9.50 Å². The lowest BCUT2D eigenvalue weighted by atomic mass is 9.74. The van der Waals surface area contributed by atoms with E-state index >= 15 is 0 Å². The number of fused-ring (bicyclic) bond motifs is 1. The van der Waals surface area contributed by atoms with Crippen molar-refractivity contribution in [3.05, 3.63) is 11.9 Å². The Labute approximate surface area is 141 Å². The number of methoxy groups -OCH3 is 1. The summed E-state index contributed by atoms with van der Waals surface area (Å²) in [5.74, 6) is -0.258. The molecular formula is C16H26N4O2S. The molecule has 7 heteroatoms. The number of nitrogens with zero attached hydrogens (tertiary/aromatic N) is 3. The Morgan fingerprint density at radius 2 is 1.83 bits per heavy atom. The van der Waals surface area contributed by atoms with Crippen LogP contribution in [0, 0.1) is 5.41 Å². The molecular weight excluding hydrogens is 312 g/mol. The molecule has 0 bridgehead atoms. The smallest absolute Gasteiger partial charge is 0.313 e. The first-order valence-electron chi connectivity index (χ1n) is 7.62. The molecule has 2 aromatic rings. The second-order valence-electron chi connectivity index (χ2n) is 7.88. The van der Waals surface area contributed by atoms with Crippen molar-refractivity contribution in [2.45, 2.75) is 59.4 Å². The zero-order chi connectivity index (χ0) is 17.6. The lowest BCUT2D eigenvalue weighted by molar-refractivity contribution is -0.153. The summed E-state index contributed by atoms with van der Waals surface area (Å²) in [5.41, 5.74) is -0.223. The van der Waals surface area contributed by atoms with Crippen LogP contribution in [0.3, 0.4) is 0 Å². The van der Waals surface area contributed by atoms with Crippen molar-refractivity contribution < 1.29 is 9.53 Å². The fourth-order valence-electron chi connectivity index (χ4n) is 2.05. The van der Waals surface area contributed by atoms with Crippen LogP contribution in [0.25, 0.3) is 4.96 Å². The number of hydrogen-bond donors (Lipinski definition) is 1. The third-order valence-electron chi connectivity index (χ3n) is 4.49. The largest absolute Gasteiger partial charge is 0.469 e. The van der Waals surface area contributed by atoms with E-state index in [2.05, 4.69) is 36.2 Å². The van der Waals surface area contributed by atoms with Crippen LogP contribution in [-0.4, -0.2) is 33.2 Å². The lowest BCUT2D eigenvalue weighted by Crippen LogP contribution is -2.51. The maximum absolute atomic E-state index is 12.1. The zero-order valence-electron chi connectivity index (χ0n) is 15.1. The van der Waals surface area contributed by atoms with Crippen molar-refractivity contribution in [2.75, 3.05) is 12.4 Å².